The van der Waals surface area contributed by atoms with Gasteiger partial charge >= 0.3 is 5.97 Å². The zero-order valence-corrected chi connectivity index (χ0v) is 9.76. The third-order valence-corrected chi connectivity index (χ3v) is 2.04. The first-order valence-electron chi connectivity index (χ1n) is 5.07. The summed E-state index contributed by atoms with van der Waals surface area (Å²) in [4.78, 5) is 22.1. The van der Waals surface area contributed by atoms with Gasteiger partial charge in [0.15, 0.2) is 0 Å². The number of carboxylic acids is 1. The molecule has 15 heavy (non-hydrogen) atoms. The first kappa shape index (κ1) is 13.9. The van der Waals surface area contributed by atoms with Crippen molar-refractivity contribution >= 4 is 11.9 Å². The number of rotatable bonds is 6. The van der Waals surface area contributed by atoms with Crippen LogP contribution in [0.2, 0.25) is 0 Å². The van der Waals surface area contributed by atoms with Gasteiger partial charge in [0, 0.05) is 6.04 Å². The molecule has 0 fully saturated rings. The smallest absolute Gasteiger partial charge is 0.305 e. The van der Waals surface area contributed by atoms with Gasteiger partial charge in [0.05, 0.1) is 12.0 Å². The van der Waals surface area contributed by atoms with Gasteiger partial charge in [-0.15, -0.1) is 0 Å². The molecule has 0 aromatic carbocycles. The van der Waals surface area contributed by atoms with Gasteiger partial charge in [0.25, 0.3) is 0 Å². The predicted molar refractivity (Wildman–Crippen MR) is 57.6 cm³/mol. The Labute approximate surface area is 90.2 Å². The van der Waals surface area contributed by atoms with Crippen LogP contribution in [0.1, 0.15) is 34.1 Å². The molecule has 88 valence electrons. The Morgan fingerprint density at radius 1 is 1.40 bits per heavy atom. The van der Waals surface area contributed by atoms with Crippen LogP contribution in [0.4, 0.5) is 0 Å². The fourth-order valence-electron chi connectivity index (χ4n) is 1.24. The van der Waals surface area contributed by atoms with Gasteiger partial charge in [-0.3, -0.25) is 9.59 Å². The number of hydrogen-bond acceptors (Lipinski definition) is 3. The van der Waals surface area contributed by atoms with Crippen molar-refractivity contribution in [1.82, 2.24) is 10.6 Å². The molecule has 1 amide bonds. The first-order chi connectivity index (χ1) is 6.79. The minimum absolute atomic E-state index is 0.0616. The lowest BCUT2D eigenvalue weighted by Gasteiger charge is -2.26. The lowest BCUT2D eigenvalue weighted by atomic mass is 10.0. The molecule has 0 radical (unpaired) electrons. The van der Waals surface area contributed by atoms with Crippen molar-refractivity contribution in [3.8, 4) is 0 Å². The number of nitrogens with one attached hydrogen (secondary N) is 2. The van der Waals surface area contributed by atoms with Crippen molar-refractivity contribution in [1.29, 1.82) is 0 Å². The minimum Gasteiger partial charge on any atom is -0.481 e. The highest BCUT2D eigenvalue weighted by Gasteiger charge is 2.27. The van der Waals surface area contributed by atoms with E-state index >= 15 is 0 Å². The topological polar surface area (TPSA) is 78.4 Å². The van der Waals surface area contributed by atoms with E-state index < -0.39 is 11.5 Å². The predicted octanol–water partition coefficient (Wildman–Crippen LogP) is 0.354. The maximum absolute atomic E-state index is 11.7. The molecule has 0 rings (SSSR count). The molecular formula is C10H20N2O3. The Balaban J connectivity index is 4.17. The molecule has 0 heterocycles. The highest BCUT2D eigenvalue weighted by Crippen LogP contribution is 2.03. The summed E-state index contributed by atoms with van der Waals surface area (Å²) in [6, 6.07) is -0.354. The van der Waals surface area contributed by atoms with Gasteiger partial charge in [-0.2, -0.15) is 0 Å². The van der Waals surface area contributed by atoms with Crippen molar-refractivity contribution in [3.05, 3.63) is 0 Å². The molecule has 0 aromatic rings. The van der Waals surface area contributed by atoms with Crippen LogP contribution in [0.3, 0.4) is 0 Å². The monoisotopic (exact) mass is 216 g/mol. The van der Waals surface area contributed by atoms with Crippen LogP contribution in [0.25, 0.3) is 0 Å². The molecule has 5 heteroatoms. The fraction of sp³-hybridized carbons (Fsp3) is 0.800. The van der Waals surface area contributed by atoms with E-state index in [2.05, 4.69) is 10.6 Å². The quantitative estimate of drug-likeness (QED) is 0.599. The van der Waals surface area contributed by atoms with Gasteiger partial charge < -0.3 is 15.7 Å². The summed E-state index contributed by atoms with van der Waals surface area (Å²) in [6.07, 6.45) is -0.0616. The van der Waals surface area contributed by atoms with Gasteiger partial charge in [-0.25, -0.2) is 0 Å². The average molecular weight is 216 g/mol. The van der Waals surface area contributed by atoms with Gasteiger partial charge in [0.2, 0.25) is 5.91 Å². The van der Waals surface area contributed by atoms with Gasteiger partial charge in [-0.05, 0) is 27.3 Å². The second-order valence-electron chi connectivity index (χ2n) is 4.13. The third kappa shape index (κ3) is 5.37. The number of carbonyl (C=O) groups is 2. The van der Waals surface area contributed by atoms with Crippen molar-refractivity contribution in [2.75, 3.05) is 6.54 Å². The molecule has 0 spiro atoms. The summed E-state index contributed by atoms with van der Waals surface area (Å²) >= 11 is 0. The van der Waals surface area contributed by atoms with E-state index in [-0.39, 0.29) is 18.4 Å². The third-order valence-electron chi connectivity index (χ3n) is 2.04. The number of amides is 1. The molecular weight excluding hydrogens is 196 g/mol. The number of aliphatic carboxylic acids is 1. The van der Waals surface area contributed by atoms with E-state index in [9.17, 15) is 9.59 Å². The highest BCUT2D eigenvalue weighted by molar-refractivity contribution is 5.86. The standard InChI is InChI=1S/C10H20N2O3/c1-5-11-10(3,4)9(15)12-7(2)6-8(13)14/h7,11H,5-6H2,1-4H3,(H,12,15)(H,13,14). The summed E-state index contributed by atoms with van der Waals surface area (Å²) < 4.78 is 0. The van der Waals surface area contributed by atoms with Crippen LogP contribution in [-0.4, -0.2) is 35.1 Å². The summed E-state index contributed by atoms with van der Waals surface area (Å²) in [6.45, 7) is 7.80. The van der Waals surface area contributed by atoms with E-state index in [1.165, 1.54) is 0 Å². The molecule has 0 aliphatic rings. The number of carboxylic acid groups (broad SMARTS) is 1. The zero-order chi connectivity index (χ0) is 12.1. The van der Waals surface area contributed by atoms with Crippen LogP contribution in [-0.2, 0) is 9.59 Å². The minimum atomic E-state index is -0.913. The van der Waals surface area contributed by atoms with Crippen LogP contribution >= 0.6 is 0 Å². The van der Waals surface area contributed by atoms with E-state index in [4.69, 9.17) is 5.11 Å². The Morgan fingerprint density at radius 2 is 1.93 bits per heavy atom. The largest absolute Gasteiger partial charge is 0.481 e. The Bertz CT molecular complexity index is 239. The average Bonchev–Trinajstić information content (AvgIpc) is 2.01. The summed E-state index contributed by atoms with van der Waals surface area (Å²) in [5.74, 6) is -1.10. The van der Waals surface area contributed by atoms with Crippen molar-refractivity contribution in [2.45, 2.75) is 45.7 Å². The molecule has 0 aromatic heterocycles. The lowest BCUT2D eigenvalue weighted by molar-refractivity contribution is -0.137. The van der Waals surface area contributed by atoms with Crippen molar-refractivity contribution in [3.63, 3.8) is 0 Å². The van der Waals surface area contributed by atoms with Gasteiger partial charge in [-0.1, -0.05) is 6.92 Å². The van der Waals surface area contributed by atoms with Crippen molar-refractivity contribution < 1.29 is 14.7 Å². The first-order valence-corrected chi connectivity index (χ1v) is 5.07. The molecule has 0 aliphatic heterocycles. The molecule has 5 nitrogen and oxygen atoms in total. The molecule has 0 bridgehead atoms. The summed E-state index contributed by atoms with van der Waals surface area (Å²) in [5.41, 5.74) is -0.665. The Morgan fingerprint density at radius 3 is 2.33 bits per heavy atom. The summed E-state index contributed by atoms with van der Waals surface area (Å²) in [7, 11) is 0. The molecule has 0 saturated heterocycles. The maximum Gasteiger partial charge on any atom is 0.305 e. The molecule has 3 N–H and O–H groups in total. The molecule has 1 atom stereocenters. The second-order valence-corrected chi connectivity index (χ2v) is 4.13. The van der Waals surface area contributed by atoms with Crippen LogP contribution in [0.5, 0.6) is 0 Å². The van der Waals surface area contributed by atoms with Crippen LogP contribution < -0.4 is 10.6 Å². The SMILES string of the molecule is CCNC(C)(C)C(=O)NC(C)CC(=O)O. The molecule has 1 unspecified atom stereocenters. The fourth-order valence-corrected chi connectivity index (χ4v) is 1.24. The number of carbonyl (C=O) groups excluding carboxylic acids is 1. The maximum atomic E-state index is 11.7. The highest BCUT2D eigenvalue weighted by atomic mass is 16.4. The normalized spacial score (nSPS) is 13.3. The second kappa shape index (κ2) is 5.70. The molecule has 0 aliphatic carbocycles. The number of likely N-dealkylation sites (N-methyl/N-ethyl adjacent to an activating group) is 1. The Kier molecular flexibility index (Phi) is 5.28. The van der Waals surface area contributed by atoms with Crippen molar-refractivity contribution in [2.24, 2.45) is 0 Å². The van der Waals surface area contributed by atoms with E-state index in [1.807, 2.05) is 6.92 Å². The number of hydrogen-bond donors (Lipinski definition) is 3. The van der Waals surface area contributed by atoms with Crippen LogP contribution in [0, 0.1) is 0 Å². The molecule has 0 saturated carbocycles. The summed E-state index contributed by atoms with van der Waals surface area (Å²) in [5, 5.41) is 14.2. The van der Waals surface area contributed by atoms with Crippen LogP contribution in [0.15, 0.2) is 0 Å². The van der Waals surface area contributed by atoms with E-state index in [1.54, 1.807) is 20.8 Å². The Hall–Kier alpha value is -1.10. The zero-order valence-electron chi connectivity index (χ0n) is 9.76. The van der Waals surface area contributed by atoms with E-state index in [0.29, 0.717) is 6.54 Å². The van der Waals surface area contributed by atoms with Gasteiger partial charge in [0.1, 0.15) is 0 Å². The lowest BCUT2D eigenvalue weighted by Crippen LogP contribution is -2.54. The van der Waals surface area contributed by atoms with E-state index in [0.717, 1.165) is 0 Å².